The molecule has 0 spiro atoms. The molecule has 0 radical (unpaired) electrons. The maximum atomic E-state index is 12.3. The molecule has 1 heterocycles. The summed E-state index contributed by atoms with van der Waals surface area (Å²) in [6.45, 7) is 6.28. The molecule has 20 heavy (non-hydrogen) atoms. The summed E-state index contributed by atoms with van der Waals surface area (Å²) in [6, 6.07) is 9.25. The lowest BCUT2D eigenvalue weighted by molar-refractivity contribution is 0.102. The highest BCUT2D eigenvalue weighted by Crippen LogP contribution is 2.24. The average molecular weight is 336 g/mol. The van der Waals surface area contributed by atoms with Crippen LogP contribution in [0, 0.1) is 0 Å². The number of rotatable bonds is 2. The van der Waals surface area contributed by atoms with Crippen molar-refractivity contribution >= 4 is 27.7 Å². The zero-order valence-corrected chi connectivity index (χ0v) is 13.7. The fraction of sp³-hybridized carbons (Fsp3) is 0.333. The number of nitrogens with one attached hydrogen (secondary N) is 1. The zero-order valence-electron chi connectivity index (χ0n) is 12.1. The fourth-order valence-corrected chi connectivity index (χ4v) is 2.24. The van der Waals surface area contributed by atoms with Gasteiger partial charge in [-0.05, 0) is 28.1 Å². The van der Waals surface area contributed by atoms with Gasteiger partial charge >= 0.3 is 0 Å². The molecule has 0 fully saturated rings. The van der Waals surface area contributed by atoms with Crippen LogP contribution in [-0.4, -0.2) is 15.7 Å². The molecule has 0 aliphatic carbocycles. The normalized spacial score (nSPS) is 11.4. The van der Waals surface area contributed by atoms with E-state index < -0.39 is 0 Å². The van der Waals surface area contributed by atoms with Crippen molar-refractivity contribution in [3.05, 3.63) is 46.1 Å². The first-order valence-corrected chi connectivity index (χ1v) is 7.19. The first-order valence-electron chi connectivity index (χ1n) is 6.39. The Morgan fingerprint density at radius 2 is 1.95 bits per heavy atom. The van der Waals surface area contributed by atoms with E-state index in [9.17, 15) is 4.79 Å². The van der Waals surface area contributed by atoms with Crippen molar-refractivity contribution in [1.29, 1.82) is 0 Å². The summed E-state index contributed by atoms with van der Waals surface area (Å²) < 4.78 is 2.46. The molecule has 5 heteroatoms. The predicted octanol–water partition coefficient (Wildman–Crippen LogP) is 3.73. The van der Waals surface area contributed by atoms with Crippen molar-refractivity contribution in [2.75, 3.05) is 5.32 Å². The lowest BCUT2D eigenvalue weighted by atomic mass is 9.92. The lowest BCUT2D eigenvalue weighted by Crippen LogP contribution is -2.15. The van der Waals surface area contributed by atoms with Gasteiger partial charge < -0.3 is 5.32 Å². The number of hydrogen-bond donors (Lipinski definition) is 1. The van der Waals surface area contributed by atoms with Crippen LogP contribution < -0.4 is 5.32 Å². The number of halogens is 1. The van der Waals surface area contributed by atoms with Crippen LogP contribution in [0.3, 0.4) is 0 Å². The second-order valence-electron chi connectivity index (χ2n) is 5.72. The Morgan fingerprint density at radius 1 is 1.30 bits per heavy atom. The van der Waals surface area contributed by atoms with E-state index in [1.165, 1.54) is 0 Å². The number of anilines is 1. The van der Waals surface area contributed by atoms with Crippen LogP contribution >= 0.6 is 15.9 Å². The molecule has 2 aromatic rings. The number of aromatic nitrogens is 2. The highest BCUT2D eigenvalue weighted by molar-refractivity contribution is 9.10. The third-order valence-electron chi connectivity index (χ3n) is 3.01. The molecule has 1 N–H and O–H groups in total. The van der Waals surface area contributed by atoms with E-state index >= 15 is 0 Å². The molecular formula is C15H18BrN3O. The zero-order chi connectivity index (χ0) is 14.9. The van der Waals surface area contributed by atoms with Gasteiger partial charge in [-0.3, -0.25) is 9.48 Å². The number of benzene rings is 1. The Bertz CT molecular complexity index is 641. The Morgan fingerprint density at radius 3 is 2.50 bits per heavy atom. The minimum absolute atomic E-state index is 0.0476. The van der Waals surface area contributed by atoms with Crippen molar-refractivity contribution in [3.63, 3.8) is 0 Å². The molecule has 0 saturated carbocycles. The molecule has 4 nitrogen and oxygen atoms in total. The second kappa shape index (κ2) is 5.40. The summed E-state index contributed by atoms with van der Waals surface area (Å²) in [5.74, 6) is 0.539. The van der Waals surface area contributed by atoms with Gasteiger partial charge in [-0.1, -0.05) is 32.9 Å². The summed E-state index contributed by atoms with van der Waals surface area (Å²) in [4.78, 5) is 12.3. The molecule has 1 aromatic carbocycles. The van der Waals surface area contributed by atoms with Gasteiger partial charge in [-0.15, -0.1) is 0 Å². The summed E-state index contributed by atoms with van der Waals surface area (Å²) in [7, 11) is 1.82. The number of carbonyl (C=O) groups excluding carboxylic acids is 1. The molecule has 1 amide bonds. The van der Waals surface area contributed by atoms with Gasteiger partial charge in [-0.25, -0.2) is 0 Å². The van der Waals surface area contributed by atoms with E-state index in [2.05, 4.69) is 47.1 Å². The van der Waals surface area contributed by atoms with Crippen LogP contribution in [0.4, 0.5) is 5.82 Å². The van der Waals surface area contributed by atoms with Gasteiger partial charge in [0.05, 0.1) is 11.3 Å². The number of amides is 1. The third-order valence-corrected chi connectivity index (χ3v) is 3.70. The Kier molecular flexibility index (Phi) is 3.99. The molecule has 0 atom stereocenters. The van der Waals surface area contributed by atoms with E-state index in [4.69, 9.17) is 0 Å². The summed E-state index contributed by atoms with van der Waals surface area (Å²) in [6.07, 6.45) is 0. The molecule has 2 rings (SSSR count). The van der Waals surface area contributed by atoms with Gasteiger partial charge in [0.15, 0.2) is 0 Å². The predicted molar refractivity (Wildman–Crippen MR) is 84.0 cm³/mol. The standard InChI is InChI=1S/C15H18BrN3O/c1-15(2,3)12-9-13(19(4)18-12)17-14(20)10-7-5-6-8-11(10)16/h5-9H,1-4H3,(H,17,20). The van der Waals surface area contributed by atoms with Crippen LogP contribution in [0.1, 0.15) is 36.8 Å². The van der Waals surface area contributed by atoms with Crippen molar-refractivity contribution < 1.29 is 4.79 Å². The quantitative estimate of drug-likeness (QED) is 0.908. The SMILES string of the molecule is Cn1nc(C(C)(C)C)cc1NC(=O)c1ccccc1Br. The molecule has 0 aliphatic rings. The van der Waals surface area contributed by atoms with Crippen molar-refractivity contribution in [2.24, 2.45) is 7.05 Å². The topological polar surface area (TPSA) is 46.9 Å². The summed E-state index contributed by atoms with van der Waals surface area (Å²) in [5.41, 5.74) is 1.50. The van der Waals surface area contributed by atoms with Gasteiger partial charge in [0.1, 0.15) is 5.82 Å². The van der Waals surface area contributed by atoms with Crippen LogP contribution in [0.15, 0.2) is 34.8 Å². The highest BCUT2D eigenvalue weighted by Gasteiger charge is 2.20. The number of nitrogens with zero attached hydrogens (tertiary/aromatic N) is 2. The molecule has 1 aromatic heterocycles. The number of carbonyl (C=O) groups is 1. The van der Waals surface area contributed by atoms with Gasteiger partial charge in [-0.2, -0.15) is 5.10 Å². The largest absolute Gasteiger partial charge is 0.307 e. The number of aryl methyl sites for hydroxylation is 1. The molecule has 0 saturated heterocycles. The van der Waals surface area contributed by atoms with Crippen molar-refractivity contribution in [3.8, 4) is 0 Å². The first-order chi connectivity index (χ1) is 9.29. The third kappa shape index (κ3) is 3.10. The monoisotopic (exact) mass is 335 g/mol. The van der Waals surface area contributed by atoms with Crippen LogP contribution in [0.2, 0.25) is 0 Å². The minimum Gasteiger partial charge on any atom is -0.307 e. The maximum Gasteiger partial charge on any atom is 0.257 e. The average Bonchev–Trinajstić information content (AvgIpc) is 2.71. The molecule has 106 valence electrons. The smallest absolute Gasteiger partial charge is 0.257 e. The van der Waals surface area contributed by atoms with Gasteiger partial charge in [0.2, 0.25) is 0 Å². The Balaban J connectivity index is 2.25. The van der Waals surface area contributed by atoms with Crippen LogP contribution in [-0.2, 0) is 12.5 Å². The summed E-state index contributed by atoms with van der Waals surface area (Å²) >= 11 is 3.38. The van der Waals surface area contributed by atoms with Gasteiger partial charge in [0, 0.05) is 23.0 Å². The second-order valence-corrected chi connectivity index (χ2v) is 6.58. The lowest BCUT2D eigenvalue weighted by Gasteiger charge is -2.13. The van der Waals surface area contributed by atoms with Gasteiger partial charge in [0.25, 0.3) is 5.91 Å². The van der Waals surface area contributed by atoms with Crippen molar-refractivity contribution in [2.45, 2.75) is 26.2 Å². The van der Waals surface area contributed by atoms with E-state index in [1.807, 2.05) is 31.3 Å². The van der Waals surface area contributed by atoms with E-state index in [1.54, 1.807) is 10.7 Å². The first kappa shape index (κ1) is 14.8. The highest BCUT2D eigenvalue weighted by atomic mass is 79.9. The Labute approximate surface area is 127 Å². The fourth-order valence-electron chi connectivity index (χ4n) is 1.78. The number of hydrogen-bond acceptors (Lipinski definition) is 2. The Hall–Kier alpha value is -1.62. The summed E-state index contributed by atoms with van der Waals surface area (Å²) in [5, 5.41) is 7.33. The van der Waals surface area contributed by atoms with E-state index in [-0.39, 0.29) is 11.3 Å². The van der Waals surface area contributed by atoms with E-state index in [0.717, 1.165) is 10.2 Å². The molecule has 0 aliphatic heterocycles. The van der Waals surface area contributed by atoms with E-state index in [0.29, 0.717) is 11.4 Å². The molecular weight excluding hydrogens is 318 g/mol. The maximum absolute atomic E-state index is 12.3. The van der Waals surface area contributed by atoms with Crippen molar-refractivity contribution in [1.82, 2.24) is 9.78 Å². The molecule has 0 bridgehead atoms. The van der Waals surface area contributed by atoms with Crippen LogP contribution in [0.5, 0.6) is 0 Å². The minimum atomic E-state index is -0.152. The van der Waals surface area contributed by atoms with Crippen LogP contribution in [0.25, 0.3) is 0 Å². The molecule has 0 unspecified atom stereocenters.